The molecular formula is C23H23N5O4S2. The number of anilines is 1. The summed E-state index contributed by atoms with van der Waals surface area (Å²) in [7, 11) is -2.96. The van der Waals surface area contributed by atoms with Crippen molar-refractivity contribution in [3.8, 4) is 17.1 Å². The van der Waals surface area contributed by atoms with Crippen molar-refractivity contribution < 1.29 is 17.9 Å². The Labute approximate surface area is 201 Å². The topological polar surface area (TPSA) is 137 Å². The summed E-state index contributed by atoms with van der Waals surface area (Å²) in [5, 5.41) is 1.54. The number of nitrogens with zero attached hydrogens (tertiary/aromatic N) is 3. The van der Waals surface area contributed by atoms with E-state index in [4.69, 9.17) is 10.5 Å². The van der Waals surface area contributed by atoms with Crippen LogP contribution < -0.4 is 15.2 Å². The van der Waals surface area contributed by atoms with Gasteiger partial charge in [0.1, 0.15) is 0 Å². The number of fused-ring (bicyclic) bond motifs is 1. The second-order valence-electron chi connectivity index (χ2n) is 8.59. The van der Waals surface area contributed by atoms with Gasteiger partial charge in [-0.05, 0) is 35.0 Å². The van der Waals surface area contributed by atoms with E-state index in [1.807, 2.05) is 32.9 Å². The van der Waals surface area contributed by atoms with E-state index in [0.717, 1.165) is 27.9 Å². The molecule has 176 valence electrons. The van der Waals surface area contributed by atoms with E-state index >= 15 is 0 Å². The smallest absolute Gasteiger partial charge is 0.285 e. The summed E-state index contributed by atoms with van der Waals surface area (Å²) in [6, 6.07) is 13.6. The van der Waals surface area contributed by atoms with Crippen LogP contribution in [0, 0.1) is 0 Å². The van der Waals surface area contributed by atoms with Crippen molar-refractivity contribution in [2.24, 2.45) is 0 Å². The van der Waals surface area contributed by atoms with E-state index < -0.39 is 21.3 Å². The summed E-state index contributed by atoms with van der Waals surface area (Å²) in [5.74, 6) is -0.246. The molecule has 34 heavy (non-hydrogen) atoms. The Morgan fingerprint density at radius 1 is 1.09 bits per heavy atom. The molecule has 0 saturated carbocycles. The molecule has 0 radical (unpaired) electrons. The molecule has 0 unspecified atom stereocenters. The van der Waals surface area contributed by atoms with Crippen LogP contribution in [0.2, 0.25) is 0 Å². The normalized spacial score (nSPS) is 12.0. The number of methoxy groups -OCH3 is 1. The zero-order valence-electron chi connectivity index (χ0n) is 19.0. The minimum atomic E-state index is -4.30. The van der Waals surface area contributed by atoms with E-state index in [-0.39, 0.29) is 16.3 Å². The molecule has 2 aromatic carbocycles. The Kier molecular flexibility index (Phi) is 6.00. The Hall–Kier alpha value is -3.57. The van der Waals surface area contributed by atoms with Crippen molar-refractivity contribution >= 4 is 43.4 Å². The highest BCUT2D eigenvalue weighted by molar-refractivity contribution is 7.90. The first-order valence-electron chi connectivity index (χ1n) is 10.2. The fraction of sp³-hybridized carbons (Fsp3) is 0.217. The summed E-state index contributed by atoms with van der Waals surface area (Å²) in [6.45, 7) is 5.74. The zero-order valence-corrected chi connectivity index (χ0v) is 20.6. The van der Waals surface area contributed by atoms with Crippen molar-refractivity contribution in [1.82, 2.24) is 19.1 Å². The van der Waals surface area contributed by atoms with Gasteiger partial charge in [0.15, 0.2) is 16.7 Å². The van der Waals surface area contributed by atoms with Crippen LogP contribution in [0.25, 0.3) is 22.2 Å². The molecule has 0 fully saturated rings. The molecule has 1 amide bonds. The van der Waals surface area contributed by atoms with Crippen LogP contribution in [0.5, 0.6) is 5.75 Å². The van der Waals surface area contributed by atoms with Gasteiger partial charge < -0.3 is 10.5 Å². The fourth-order valence-corrected chi connectivity index (χ4v) is 4.93. The number of nitrogens with one attached hydrogen (secondary N) is 1. The Bertz CT molecular complexity index is 1510. The highest BCUT2D eigenvalue weighted by Crippen LogP contribution is 2.30. The maximum atomic E-state index is 13.1. The fourth-order valence-electron chi connectivity index (χ4n) is 3.39. The van der Waals surface area contributed by atoms with Gasteiger partial charge in [-0.2, -0.15) is 17.8 Å². The number of aromatic nitrogens is 3. The molecule has 11 heteroatoms. The van der Waals surface area contributed by atoms with Gasteiger partial charge in [-0.15, -0.1) is 0 Å². The number of nitrogens with two attached hydrogens (primary N) is 1. The summed E-state index contributed by atoms with van der Waals surface area (Å²) < 4.78 is 37.7. The maximum absolute atomic E-state index is 13.1. The molecule has 9 nitrogen and oxygen atoms in total. The van der Waals surface area contributed by atoms with Gasteiger partial charge in [0.05, 0.1) is 7.11 Å². The van der Waals surface area contributed by atoms with Crippen molar-refractivity contribution in [3.05, 3.63) is 59.8 Å². The van der Waals surface area contributed by atoms with Gasteiger partial charge in [-0.1, -0.05) is 45.0 Å². The summed E-state index contributed by atoms with van der Waals surface area (Å²) in [6.07, 6.45) is 0. The van der Waals surface area contributed by atoms with Gasteiger partial charge in [-0.25, -0.2) is 9.71 Å². The van der Waals surface area contributed by atoms with Gasteiger partial charge in [0, 0.05) is 33.8 Å². The molecule has 3 N–H and O–H groups in total. The minimum absolute atomic E-state index is 0.0477. The van der Waals surface area contributed by atoms with E-state index in [2.05, 4.69) is 19.1 Å². The lowest BCUT2D eigenvalue weighted by Gasteiger charge is -2.19. The van der Waals surface area contributed by atoms with Crippen LogP contribution >= 0.6 is 11.5 Å². The Balaban J connectivity index is 1.68. The molecule has 4 rings (SSSR count). The first-order chi connectivity index (χ1) is 16.0. The van der Waals surface area contributed by atoms with E-state index in [1.54, 1.807) is 30.3 Å². The Morgan fingerprint density at radius 2 is 1.85 bits per heavy atom. The quantitative estimate of drug-likeness (QED) is 0.425. The lowest BCUT2D eigenvalue weighted by molar-refractivity contribution is 0.0981. The first kappa shape index (κ1) is 23.6. The zero-order chi connectivity index (χ0) is 24.7. The average Bonchev–Trinajstić information content (AvgIpc) is 3.23. The van der Waals surface area contributed by atoms with Crippen molar-refractivity contribution in [1.29, 1.82) is 0 Å². The second kappa shape index (κ2) is 8.65. The number of hydrogen-bond donors (Lipinski definition) is 2. The van der Waals surface area contributed by atoms with Crippen molar-refractivity contribution in [3.63, 3.8) is 0 Å². The number of pyridine rings is 1. The minimum Gasteiger partial charge on any atom is -0.494 e. The van der Waals surface area contributed by atoms with E-state index in [0.29, 0.717) is 16.6 Å². The van der Waals surface area contributed by atoms with Crippen LogP contribution in [0.15, 0.2) is 53.6 Å². The predicted molar refractivity (Wildman–Crippen MR) is 131 cm³/mol. The molecule has 2 aromatic heterocycles. The number of hydrogen-bond acceptors (Lipinski definition) is 9. The highest BCUT2D eigenvalue weighted by Gasteiger charge is 2.27. The molecule has 0 bridgehead atoms. The monoisotopic (exact) mass is 497 g/mol. The molecule has 0 aliphatic heterocycles. The number of carbonyl (C=O) groups excluding carboxylic acids is 1. The molecule has 4 aromatic rings. The van der Waals surface area contributed by atoms with Gasteiger partial charge in [-0.3, -0.25) is 4.79 Å². The number of benzene rings is 2. The number of carbonyl (C=O) groups is 1. The van der Waals surface area contributed by atoms with Crippen molar-refractivity contribution in [2.75, 3.05) is 12.8 Å². The third-order valence-electron chi connectivity index (χ3n) is 5.12. The Morgan fingerprint density at radius 3 is 2.50 bits per heavy atom. The van der Waals surface area contributed by atoms with Crippen molar-refractivity contribution in [2.45, 2.75) is 31.2 Å². The molecule has 0 spiro atoms. The largest absolute Gasteiger partial charge is 0.494 e. The summed E-state index contributed by atoms with van der Waals surface area (Å²) in [4.78, 5) is 21.4. The van der Waals surface area contributed by atoms with Crippen LogP contribution in [0.3, 0.4) is 0 Å². The standard InChI is InChI=1S/C23H23N5O4S2/c1-23(2,3)18-11-10-17(32-4)21(25-18)34(30,31)28-20(29)14-8-9-15-13(12-14)6-5-7-16(15)19-26-22(24)33-27-19/h5-12H,1-4H3,(H,28,29)(H2,24,26,27). The average molecular weight is 498 g/mol. The highest BCUT2D eigenvalue weighted by atomic mass is 32.2. The van der Waals surface area contributed by atoms with Crippen LogP contribution in [-0.2, 0) is 15.4 Å². The number of amides is 1. The lowest BCUT2D eigenvalue weighted by Crippen LogP contribution is -2.32. The van der Waals surface area contributed by atoms with E-state index in [9.17, 15) is 13.2 Å². The number of ether oxygens (including phenoxy) is 1. The summed E-state index contributed by atoms with van der Waals surface area (Å²) >= 11 is 1.10. The predicted octanol–water partition coefficient (Wildman–Crippen LogP) is 3.76. The first-order valence-corrected chi connectivity index (χ1v) is 12.5. The SMILES string of the molecule is COc1ccc(C(C)(C)C)nc1S(=O)(=O)NC(=O)c1ccc2c(-c3nsc(N)n3)cccc2c1. The van der Waals surface area contributed by atoms with E-state index in [1.165, 1.54) is 13.2 Å². The molecule has 0 aliphatic rings. The van der Waals surface area contributed by atoms with Gasteiger partial charge in [0.25, 0.3) is 15.9 Å². The van der Waals surface area contributed by atoms with Crippen LogP contribution in [0.1, 0.15) is 36.8 Å². The number of rotatable bonds is 5. The molecule has 2 heterocycles. The van der Waals surface area contributed by atoms with Gasteiger partial charge >= 0.3 is 0 Å². The molecule has 0 atom stereocenters. The third-order valence-corrected chi connectivity index (χ3v) is 6.92. The molecular weight excluding hydrogens is 474 g/mol. The molecule has 0 aliphatic carbocycles. The summed E-state index contributed by atoms with van der Waals surface area (Å²) in [5.41, 5.74) is 6.79. The van der Waals surface area contributed by atoms with Crippen LogP contribution in [-0.4, -0.2) is 35.8 Å². The second-order valence-corrected chi connectivity index (χ2v) is 11.0. The number of nitrogen functional groups attached to an aromatic ring is 1. The van der Waals surface area contributed by atoms with Gasteiger partial charge in [0.2, 0.25) is 5.03 Å². The molecule has 0 saturated heterocycles. The third kappa shape index (κ3) is 4.57. The van der Waals surface area contributed by atoms with Crippen LogP contribution in [0.4, 0.5) is 5.13 Å². The lowest BCUT2D eigenvalue weighted by atomic mass is 9.92. The number of sulfonamides is 1. The maximum Gasteiger partial charge on any atom is 0.285 e.